The van der Waals surface area contributed by atoms with Crippen molar-refractivity contribution in [1.29, 1.82) is 0 Å². The van der Waals surface area contributed by atoms with Crippen LogP contribution < -0.4 is 0 Å². The van der Waals surface area contributed by atoms with Gasteiger partial charge in [0.2, 0.25) is 0 Å². The second-order valence-corrected chi connectivity index (χ2v) is 3.24. The molecule has 64 valence electrons. The van der Waals surface area contributed by atoms with Gasteiger partial charge < -0.3 is 0 Å². The Balaban J connectivity index is 2.44. The molecule has 0 saturated heterocycles. The molecule has 1 aromatic rings. The fraction of sp³-hybridized carbons (Fsp3) is 0. The van der Waals surface area contributed by atoms with Crippen molar-refractivity contribution in [1.82, 2.24) is 10.2 Å². The van der Waals surface area contributed by atoms with Gasteiger partial charge in [-0.2, -0.15) is 0 Å². The van der Waals surface area contributed by atoms with Crippen molar-refractivity contribution in [2.75, 3.05) is 0 Å². The number of carbonyl (C=O) groups is 2. The van der Waals surface area contributed by atoms with Crippen molar-refractivity contribution in [3.63, 3.8) is 0 Å². The number of ketones is 2. The average molecular weight is 192 g/mol. The Kier molecular flexibility index (Phi) is 1.86. The number of carbonyl (C=O) groups excluding carboxylic acids is 2. The van der Waals surface area contributed by atoms with Gasteiger partial charge in [-0.3, -0.25) is 9.59 Å². The molecule has 5 heteroatoms. The summed E-state index contributed by atoms with van der Waals surface area (Å²) in [6.45, 7) is 0. The van der Waals surface area contributed by atoms with Gasteiger partial charge in [0.15, 0.2) is 16.6 Å². The Morgan fingerprint density at radius 3 is 2.77 bits per heavy atom. The predicted octanol–water partition coefficient (Wildman–Crippen LogP) is 0.629. The van der Waals surface area contributed by atoms with Crippen LogP contribution in [0.3, 0.4) is 0 Å². The summed E-state index contributed by atoms with van der Waals surface area (Å²) in [6.07, 6.45) is 3.77. The highest BCUT2D eigenvalue weighted by Gasteiger charge is 2.17. The zero-order valence-electron chi connectivity index (χ0n) is 6.43. The molecule has 0 fully saturated rings. The Morgan fingerprint density at radius 1 is 1.23 bits per heavy atom. The molecular weight excluding hydrogens is 188 g/mol. The Hall–Kier alpha value is -1.62. The van der Waals surface area contributed by atoms with E-state index < -0.39 is 0 Å². The highest BCUT2D eigenvalue weighted by molar-refractivity contribution is 7.10. The minimum atomic E-state index is -0.198. The van der Waals surface area contributed by atoms with E-state index in [1.165, 1.54) is 35.1 Å². The largest absolute Gasteiger partial charge is 0.290 e. The number of hydrogen-bond acceptors (Lipinski definition) is 5. The average Bonchev–Trinajstić information content (AvgIpc) is 2.61. The molecule has 1 aliphatic carbocycles. The number of hydrogen-bond donors (Lipinski definition) is 0. The van der Waals surface area contributed by atoms with Crippen LogP contribution in [0.25, 0.3) is 5.57 Å². The van der Waals surface area contributed by atoms with Gasteiger partial charge in [0.05, 0.1) is 5.57 Å². The minimum Gasteiger partial charge on any atom is -0.290 e. The maximum atomic E-state index is 11.3. The van der Waals surface area contributed by atoms with Crippen LogP contribution in [0.1, 0.15) is 5.01 Å². The zero-order chi connectivity index (χ0) is 9.26. The normalized spacial score (nSPS) is 16.2. The fourth-order valence-electron chi connectivity index (χ4n) is 0.967. The maximum Gasteiger partial charge on any atom is 0.189 e. The van der Waals surface area contributed by atoms with Gasteiger partial charge in [-0.15, -0.1) is 10.2 Å². The molecule has 0 spiro atoms. The van der Waals surface area contributed by atoms with Crippen LogP contribution >= 0.6 is 11.3 Å². The Morgan fingerprint density at radius 2 is 2.08 bits per heavy atom. The van der Waals surface area contributed by atoms with Gasteiger partial charge in [-0.1, -0.05) is 11.3 Å². The molecule has 0 unspecified atom stereocenters. The summed E-state index contributed by atoms with van der Waals surface area (Å²) in [6, 6.07) is 0. The second-order valence-electron chi connectivity index (χ2n) is 2.40. The molecule has 0 atom stereocenters. The molecule has 0 aromatic carbocycles. The third-order valence-corrected chi connectivity index (χ3v) is 2.27. The van der Waals surface area contributed by atoms with Crippen molar-refractivity contribution in [3.8, 4) is 0 Å². The van der Waals surface area contributed by atoms with Crippen molar-refractivity contribution >= 4 is 28.5 Å². The van der Waals surface area contributed by atoms with E-state index in [1.807, 2.05) is 0 Å². The summed E-state index contributed by atoms with van der Waals surface area (Å²) >= 11 is 1.24. The Bertz CT molecular complexity index is 417. The van der Waals surface area contributed by atoms with Gasteiger partial charge in [0.25, 0.3) is 0 Å². The topological polar surface area (TPSA) is 59.9 Å². The number of aromatic nitrogens is 2. The van der Waals surface area contributed by atoms with Gasteiger partial charge >= 0.3 is 0 Å². The number of nitrogens with zero attached hydrogens (tertiary/aromatic N) is 2. The van der Waals surface area contributed by atoms with Crippen LogP contribution in [-0.2, 0) is 9.59 Å². The van der Waals surface area contributed by atoms with Crippen LogP contribution in [0.2, 0.25) is 0 Å². The molecule has 13 heavy (non-hydrogen) atoms. The van der Waals surface area contributed by atoms with E-state index >= 15 is 0 Å². The van der Waals surface area contributed by atoms with E-state index in [-0.39, 0.29) is 11.6 Å². The van der Waals surface area contributed by atoms with Crippen LogP contribution in [0.15, 0.2) is 23.7 Å². The first-order valence-corrected chi connectivity index (χ1v) is 4.40. The monoisotopic (exact) mass is 192 g/mol. The van der Waals surface area contributed by atoms with Gasteiger partial charge in [0, 0.05) is 0 Å². The molecule has 0 amide bonds. The van der Waals surface area contributed by atoms with E-state index in [2.05, 4.69) is 10.2 Å². The van der Waals surface area contributed by atoms with Crippen molar-refractivity contribution in [3.05, 3.63) is 28.7 Å². The number of allylic oxidation sites excluding steroid dienone is 4. The molecule has 1 heterocycles. The van der Waals surface area contributed by atoms with E-state index in [4.69, 9.17) is 0 Å². The minimum absolute atomic E-state index is 0.190. The van der Waals surface area contributed by atoms with Gasteiger partial charge in [0.1, 0.15) is 5.51 Å². The third-order valence-electron chi connectivity index (χ3n) is 1.54. The molecule has 4 nitrogen and oxygen atoms in total. The van der Waals surface area contributed by atoms with Crippen LogP contribution in [0, 0.1) is 0 Å². The van der Waals surface area contributed by atoms with Crippen molar-refractivity contribution < 1.29 is 9.59 Å². The molecule has 0 aliphatic heterocycles. The fourth-order valence-corrected chi connectivity index (χ4v) is 1.54. The smallest absolute Gasteiger partial charge is 0.189 e. The maximum absolute atomic E-state index is 11.3. The molecule has 1 aromatic heterocycles. The molecule has 2 rings (SSSR count). The van der Waals surface area contributed by atoms with E-state index in [0.717, 1.165) is 0 Å². The highest BCUT2D eigenvalue weighted by atomic mass is 32.1. The first-order valence-electron chi connectivity index (χ1n) is 3.52. The molecule has 1 aliphatic rings. The quantitative estimate of drug-likeness (QED) is 0.612. The number of rotatable bonds is 1. The SMILES string of the molecule is O=C1C=CC(=O)C(c2nncs2)=C1. The summed E-state index contributed by atoms with van der Waals surface area (Å²) < 4.78 is 0. The summed E-state index contributed by atoms with van der Waals surface area (Å²) in [5.41, 5.74) is 1.85. The van der Waals surface area contributed by atoms with Crippen LogP contribution in [0.5, 0.6) is 0 Å². The first kappa shape index (κ1) is 8.00. The summed E-state index contributed by atoms with van der Waals surface area (Å²) in [5, 5.41) is 7.80. The summed E-state index contributed by atoms with van der Waals surface area (Å²) in [7, 11) is 0. The van der Waals surface area contributed by atoms with E-state index in [9.17, 15) is 9.59 Å². The summed E-state index contributed by atoms with van der Waals surface area (Å²) in [4.78, 5) is 22.2. The highest BCUT2D eigenvalue weighted by Crippen LogP contribution is 2.19. The van der Waals surface area contributed by atoms with Crippen LogP contribution in [-0.4, -0.2) is 21.8 Å². The lowest BCUT2D eigenvalue weighted by Crippen LogP contribution is -2.06. The molecule has 0 radical (unpaired) electrons. The lowest BCUT2D eigenvalue weighted by atomic mass is 10.0. The van der Waals surface area contributed by atoms with E-state index in [1.54, 1.807) is 0 Å². The van der Waals surface area contributed by atoms with Crippen molar-refractivity contribution in [2.24, 2.45) is 0 Å². The predicted molar refractivity (Wildman–Crippen MR) is 47.0 cm³/mol. The van der Waals surface area contributed by atoms with Gasteiger partial charge in [-0.05, 0) is 18.2 Å². The first-order chi connectivity index (χ1) is 6.27. The lowest BCUT2D eigenvalue weighted by molar-refractivity contribution is -0.113. The molecular formula is C8H4N2O2S. The Labute approximate surface area is 77.6 Å². The molecule has 0 bridgehead atoms. The second kappa shape index (κ2) is 3.02. The lowest BCUT2D eigenvalue weighted by Gasteiger charge is -2.00. The van der Waals surface area contributed by atoms with Crippen LogP contribution in [0.4, 0.5) is 0 Å². The van der Waals surface area contributed by atoms with Crippen molar-refractivity contribution in [2.45, 2.75) is 0 Å². The van der Waals surface area contributed by atoms with E-state index in [0.29, 0.717) is 10.6 Å². The summed E-state index contributed by atoms with van der Waals surface area (Å²) in [5.74, 6) is -0.388. The van der Waals surface area contributed by atoms with Gasteiger partial charge in [-0.25, -0.2) is 0 Å². The molecule has 0 saturated carbocycles. The standard InChI is InChI=1S/C8H4N2O2S/c11-5-1-2-7(12)6(3-5)8-10-9-4-13-8/h1-4H. The molecule has 0 N–H and O–H groups in total. The zero-order valence-corrected chi connectivity index (χ0v) is 7.25. The third kappa shape index (κ3) is 1.46.